The van der Waals surface area contributed by atoms with Gasteiger partial charge in [0.2, 0.25) is 5.91 Å². The van der Waals surface area contributed by atoms with Gasteiger partial charge in [0.25, 0.3) is 0 Å². The van der Waals surface area contributed by atoms with Crippen LogP contribution in [0.4, 0.5) is 4.79 Å². The van der Waals surface area contributed by atoms with Crippen LogP contribution in [0.5, 0.6) is 0 Å². The van der Waals surface area contributed by atoms with E-state index >= 15 is 0 Å². The van der Waals surface area contributed by atoms with Gasteiger partial charge in [-0.1, -0.05) is 0 Å². The predicted molar refractivity (Wildman–Crippen MR) is 68.3 cm³/mol. The summed E-state index contributed by atoms with van der Waals surface area (Å²) in [5.41, 5.74) is 8.72. The van der Waals surface area contributed by atoms with E-state index in [4.69, 9.17) is 21.3 Å². The van der Waals surface area contributed by atoms with Gasteiger partial charge in [-0.05, 0) is 12.8 Å². The fourth-order valence-corrected chi connectivity index (χ4v) is 1.50. The lowest BCUT2D eigenvalue weighted by atomic mass is 10.1. The monoisotopic (exact) mass is 295 g/mol. The van der Waals surface area contributed by atoms with E-state index in [1.165, 1.54) is 7.05 Å². The Hall–Kier alpha value is -1.64. The molecule has 11 heteroatoms. The number of carbonyl (C=O) groups excluding carboxylic acids is 2. The van der Waals surface area contributed by atoms with E-state index in [0.29, 0.717) is 6.42 Å². The molecule has 10 nitrogen and oxygen atoms in total. The van der Waals surface area contributed by atoms with Crippen LogP contribution in [0.15, 0.2) is 4.99 Å². The van der Waals surface area contributed by atoms with Gasteiger partial charge in [0.15, 0.2) is 5.96 Å². The Labute approximate surface area is 109 Å². The molecule has 0 aromatic rings. The molecule has 0 aliphatic carbocycles. The van der Waals surface area contributed by atoms with Crippen molar-refractivity contribution in [1.29, 1.82) is 0 Å². The van der Waals surface area contributed by atoms with Crippen molar-refractivity contribution in [2.45, 2.75) is 18.9 Å². The van der Waals surface area contributed by atoms with Crippen molar-refractivity contribution in [3.05, 3.63) is 0 Å². The number of nitrogens with one attached hydrogen (secondary N) is 2. The van der Waals surface area contributed by atoms with Crippen molar-refractivity contribution in [1.82, 2.24) is 10.6 Å². The maximum absolute atomic E-state index is 11.4. The number of hydrogen-bond acceptors (Lipinski definition) is 4. The van der Waals surface area contributed by atoms with Crippen molar-refractivity contribution in [3.8, 4) is 0 Å². The molecular weight excluding hydrogens is 277 g/mol. The number of guanidine groups is 1. The van der Waals surface area contributed by atoms with Crippen LogP contribution in [0.2, 0.25) is 0 Å². The highest BCUT2D eigenvalue weighted by Gasteiger charge is 2.30. The molecule has 1 atom stereocenters. The highest BCUT2D eigenvalue weighted by Crippen LogP contribution is 2.35. The molecule has 19 heavy (non-hydrogen) atoms. The van der Waals surface area contributed by atoms with E-state index in [-0.39, 0.29) is 18.9 Å². The second-order valence-corrected chi connectivity index (χ2v) is 5.10. The summed E-state index contributed by atoms with van der Waals surface area (Å²) < 4.78 is 10.7. The van der Waals surface area contributed by atoms with Crippen LogP contribution in [0.1, 0.15) is 12.8 Å². The Bertz CT molecular complexity index is 402. The van der Waals surface area contributed by atoms with Crippen LogP contribution in [0.3, 0.4) is 0 Å². The van der Waals surface area contributed by atoms with Crippen molar-refractivity contribution in [2.24, 2.45) is 16.5 Å². The number of rotatable bonds is 7. The molecular formula is C8H18N5O5P. The van der Waals surface area contributed by atoms with Crippen LogP contribution in [0.25, 0.3) is 0 Å². The normalized spacial score (nSPS) is 12.4. The lowest BCUT2D eigenvalue weighted by molar-refractivity contribution is -0.122. The van der Waals surface area contributed by atoms with Crippen molar-refractivity contribution >= 4 is 25.1 Å². The zero-order valence-electron chi connectivity index (χ0n) is 10.4. The quantitative estimate of drug-likeness (QED) is 0.136. The summed E-state index contributed by atoms with van der Waals surface area (Å²) in [6.07, 6.45) is 0.500. The molecule has 0 fully saturated rings. The summed E-state index contributed by atoms with van der Waals surface area (Å²) in [7, 11) is -3.57. The minimum Gasteiger partial charge on any atom is -0.370 e. The SMILES string of the molecule is CNC(=O)C(CCCN=C(N)N)NC(=O)P(=O)(O)O. The van der Waals surface area contributed by atoms with Gasteiger partial charge in [0.05, 0.1) is 0 Å². The third kappa shape index (κ3) is 7.39. The Kier molecular flexibility index (Phi) is 7.05. The standard InChI is InChI=1S/C8H18N5O5P/c1-11-6(14)5(3-2-4-12-7(9)10)13-8(15)19(16,17)18/h5H,2-4H2,1H3,(H,11,14)(H,13,15)(H4,9,10,12)(H2,16,17,18). The van der Waals surface area contributed by atoms with Crippen molar-refractivity contribution in [3.63, 3.8) is 0 Å². The van der Waals surface area contributed by atoms with Gasteiger partial charge in [0.1, 0.15) is 6.04 Å². The zero-order valence-corrected chi connectivity index (χ0v) is 11.3. The second-order valence-electron chi connectivity index (χ2n) is 3.61. The molecule has 1 unspecified atom stereocenters. The summed E-state index contributed by atoms with van der Waals surface area (Å²) >= 11 is 0. The van der Waals surface area contributed by atoms with Gasteiger partial charge in [-0.2, -0.15) is 0 Å². The minimum atomic E-state index is -4.91. The van der Waals surface area contributed by atoms with Gasteiger partial charge in [-0.25, -0.2) is 4.57 Å². The lowest BCUT2D eigenvalue weighted by Crippen LogP contribution is -2.45. The zero-order chi connectivity index (χ0) is 15.1. The number of aliphatic imine (C=N–C) groups is 1. The maximum atomic E-state index is 11.4. The molecule has 0 saturated heterocycles. The average molecular weight is 295 g/mol. The van der Waals surface area contributed by atoms with E-state index in [1.54, 1.807) is 0 Å². The first-order valence-corrected chi connectivity index (χ1v) is 6.93. The second kappa shape index (κ2) is 7.72. The van der Waals surface area contributed by atoms with Crippen molar-refractivity contribution in [2.75, 3.05) is 13.6 Å². The Morgan fingerprint density at radius 2 is 1.95 bits per heavy atom. The van der Waals surface area contributed by atoms with E-state index in [9.17, 15) is 14.2 Å². The highest BCUT2D eigenvalue weighted by atomic mass is 31.2. The van der Waals surface area contributed by atoms with Gasteiger partial charge in [-0.15, -0.1) is 0 Å². The largest absolute Gasteiger partial charge is 0.413 e. The van der Waals surface area contributed by atoms with Gasteiger partial charge >= 0.3 is 13.2 Å². The fourth-order valence-electron chi connectivity index (χ4n) is 1.18. The maximum Gasteiger partial charge on any atom is 0.413 e. The summed E-state index contributed by atoms with van der Waals surface area (Å²) in [6.45, 7) is 0.238. The Balaban J connectivity index is 4.49. The van der Waals surface area contributed by atoms with Crippen LogP contribution in [-0.4, -0.2) is 46.9 Å². The number of hydrogen-bond donors (Lipinski definition) is 6. The average Bonchev–Trinajstić information content (AvgIpc) is 2.30. The molecule has 0 bridgehead atoms. The molecule has 8 N–H and O–H groups in total. The fraction of sp³-hybridized carbons (Fsp3) is 0.625. The summed E-state index contributed by atoms with van der Waals surface area (Å²) in [4.78, 5) is 43.5. The number of nitrogens with two attached hydrogens (primary N) is 2. The predicted octanol–water partition coefficient (Wildman–Crippen LogP) is -1.96. The number of likely N-dealkylation sites (N-methyl/N-ethyl adjacent to an activating group) is 1. The first-order chi connectivity index (χ1) is 8.68. The number of nitrogens with zero attached hydrogens (tertiary/aromatic N) is 1. The molecule has 0 aliphatic heterocycles. The number of amides is 2. The molecule has 0 aromatic carbocycles. The molecule has 0 spiro atoms. The third-order valence-corrected chi connectivity index (χ3v) is 2.73. The lowest BCUT2D eigenvalue weighted by Gasteiger charge is -2.17. The van der Waals surface area contributed by atoms with E-state index < -0.39 is 25.2 Å². The molecule has 0 radical (unpaired) electrons. The third-order valence-electron chi connectivity index (χ3n) is 2.07. The first-order valence-electron chi connectivity index (χ1n) is 5.32. The topological polar surface area (TPSA) is 180 Å². The van der Waals surface area contributed by atoms with Crippen LogP contribution < -0.4 is 22.1 Å². The van der Waals surface area contributed by atoms with E-state index in [2.05, 4.69) is 10.3 Å². The first kappa shape index (κ1) is 17.4. The molecule has 2 amide bonds. The van der Waals surface area contributed by atoms with E-state index in [0.717, 1.165) is 0 Å². The smallest absolute Gasteiger partial charge is 0.370 e. The van der Waals surface area contributed by atoms with Crippen LogP contribution >= 0.6 is 7.60 Å². The van der Waals surface area contributed by atoms with Gasteiger partial charge in [-0.3, -0.25) is 14.6 Å². The summed E-state index contributed by atoms with van der Waals surface area (Å²) in [6, 6.07) is -1.06. The molecule has 0 heterocycles. The highest BCUT2D eigenvalue weighted by molar-refractivity contribution is 7.69. The molecule has 0 saturated carbocycles. The van der Waals surface area contributed by atoms with Gasteiger partial charge in [0, 0.05) is 13.6 Å². The van der Waals surface area contributed by atoms with Crippen LogP contribution in [0, 0.1) is 0 Å². The molecule has 0 aromatic heterocycles. The minimum absolute atomic E-state index is 0.101. The summed E-state index contributed by atoms with van der Waals surface area (Å²) in [5.74, 6) is -0.665. The van der Waals surface area contributed by atoms with Crippen molar-refractivity contribution < 1.29 is 23.9 Å². The molecule has 0 aliphatic rings. The Morgan fingerprint density at radius 1 is 1.37 bits per heavy atom. The van der Waals surface area contributed by atoms with Crippen LogP contribution in [-0.2, 0) is 9.36 Å². The molecule has 0 rings (SSSR count). The van der Waals surface area contributed by atoms with E-state index in [1.807, 2.05) is 5.32 Å². The number of carbonyl (C=O) groups is 2. The van der Waals surface area contributed by atoms with Gasteiger partial charge < -0.3 is 31.9 Å². The summed E-state index contributed by atoms with van der Waals surface area (Å²) in [5, 5.41) is 4.25. The Morgan fingerprint density at radius 3 is 2.37 bits per heavy atom. The molecule has 110 valence electrons.